The van der Waals surface area contributed by atoms with Crippen LogP contribution in [-0.4, -0.2) is 14.5 Å². The molecule has 0 bridgehead atoms. The fourth-order valence-electron chi connectivity index (χ4n) is 2.92. The van der Waals surface area contributed by atoms with Crippen LogP contribution in [0.1, 0.15) is 48.8 Å². The summed E-state index contributed by atoms with van der Waals surface area (Å²) in [5.41, 5.74) is 6.99. The second-order valence-corrected chi connectivity index (χ2v) is 5.51. The minimum Gasteiger partial charge on any atom is -0.320 e. The minimum absolute atomic E-state index is 0.629. The molecule has 0 aromatic carbocycles. The molecule has 1 saturated carbocycles. The molecule has 0 aliphatic heterocycles. The Labute approximate surface area is 114 Å². The van der Waals surface area contributed by atoms with Crippen molar-refractivity contribution in [2.75, 3.05) is 5.43 Å². The lowest BCUT2D eigenvalue weighted by Gasteiger charge is -2.12. The highest BCUT2D eigenvalue weighted by Gasteiger charge is 2.17. The highest BCUT2D eigenvalue weighted by atomic mass is 15.4. The summed E-state index contributed by atoms with van der Waals surface area (Å²) in [5.74, 6) is 0. The van der Waals surface area contributed by atoms with E-state index < -0.39 is 0 Å². The molecule has 0 amide bonds. The highest BCUT2D eigenvalue weighted by Crippen LogP contribution is 2.28. The van der Waals surface area contributed by atoms with Crippen molar-refractivity contribution in [2.24, 2.45) is 0 Å². The van der Waals surface area contributed by atoms with Gasteiger partial charge < -0.3 is 5.43 Å². The maximum absolute atomic E-state index is 4.69. The third-order valence-corrected chi connectivity index (χ3v) is 4.05. The molecule has 4 heteroatoms. The summed E-state index contributed by atoms with van der Waals surface area (Å²) < 4.78 is 4.27. The molecule has 0 unspecified atom stereocenters. The minimum atomic E-state index is 0.629. The van der Waals surface area contributed by atoms with Crippen LogP contribution in [0.15, 0.2) is 24.4 Å². The molecule has 0 spiro atoms. The average Bonchev–Trinajstić information content (AvgIpc) is 3.10. The molecule has 0 saturated heterocycles. The molecule has 0 radical (unpaired) electrons. The molecule has 1 aliphatic rings. The first kappa shape index (κ1) is 12.3. The van der Waals surface area contributed by atoms with E-state index in [0.29, 0.717) is 6.04 Å². The Kier molecular flexibility index (Phi) is 3.32. The molecular weight excluding hydrogens is 236 g/mol. The van der Waals surface area contributed by atoms with Crippen LogP contribution in [0.25, 0.3) is 0 Å². The van der Waals surface area contributed by atoms with Crippen LogP contribution in [0.2, 0.25) is 0 Å². The van der Waals surface area contributed by atoms with Crippen molar-refractivity contribution in [1.82, 2.24) is 14.5 Å². The van der Waals surface area contributed by atoms with Crippen molar-refractivity contribution in [2.45, 2.75) is 52.1 Å². The van der Waals surface area contributed by atoms with Crippen LogP contribution in [0.3, 0.4) is 0 Å². The third kappa shape index (κ3) is 2.53. The van der Waals surface area contributed by atoms with Gasteiger partial charge >= 0.3 is 0 Å². The molecule has 19 heavy (non-hydrogen) atoms. The first-order valence-corrected chi connectivity index (χ1v) is 7.17. The zero-order chi connectivity index (χ0) is 13.2. The van der Waals surface area contributed by atoms with E-state index in [2.05, 4.69) is 53.0 Å². The molecular formula is C15H22N4. The second-order valence-electron chi connectivity index (χ2n) is 5.51. The van der Waals surface area contributed by atoms with Gasteiger partial charge in [0.25, 0.3) is 0 Å². The van der Waals surface area contributed by atoms with Crippen LogP contribution in [0, 0.1) is 13.8 Å². The van der Waals surface area contributed by atoms with Gasteiger partial charge in [0, 0.05) is 17.6 Å². The van der Waals surface area contributed by atoms with E-state index in [4.69, 9.17) is 5.10 Å². The number of nitrogens with one attached hydrogen (secondary N) is 1. The van der Waals surface area contributed by atoms with E-state index in [-0.39, 0.29) is 0 Å². The standard InChI is InChI=1S/C15H22N4/c1-12-7-8-13(2)19(12)16-11-14-9-10-18(17-14)15-5-3-4-6-15/h7-10,15-16H,3-6,11H2,1-2H3. The summed E-state index contributed by atoms with van der Waals surface area (Å²) in [6, 6.07) is 7.00. The molecule has 3 rings (SSSR count). The van der Waals surface area contributed by atoms with Crippen LogP contribution in [0.4, 0.5) is 0 Å². The van der Waals surface area contributed by atoms with Crippen LogP contribution in [-0.2, 0) is 6.54 Å². The Morgan fingerprint density at radius 1 is 1.16 bits per heavy atom. The first-order chi connectivity index (χ1) is 9.24. The van der Waals surface area contributed by atoms with Gasteiger partial charge in [0.1, 0.15) is 0 Å². The van der Waals surface area contributed by atoms with Gasteiger partial charge in [0.15, 0.2) is 0 Å². The van der Waals surface area contributed by atoms with Gasteiger partial charge in [-0.25, -0.2) is 0 Å². The lowest BCUT2D eigenvalue weighted by molar-refractivity contribution is 0.463. The predicted octanol–water partition coefficient (Wildman–Crippen LogP) is 3.16. The molecule has 1 fully saturated rings. The highest BCUT2D eigenvalue weighted by molar-refractivity contribution is 5.16. The smallest absolute Gasteiger partial charge is 0.0831 e. The summed E-state index contributed by atoms with van der Waals surface area (Å²) in [5, 5.41) is 4.69. The van der Waals surface area contributed by atoms with Crippen molar-refractivity contribution in [1.29, 1.82) is 0 Å². The first-order valence-electron chi connectivity index (χ1n) is 7.17. The van der Waals surface area contributed by atoms with Gasteiger partial charge in [0.2, 0.25) is 0 Å². The van der Waals surface area contributed by atoms with Crippen molar-refractivity contribution in [3.63, 3.8) is 0 Å². The van der Waals surface area contributed by atoms with E-state index in [1.165, 1.54) is 37.1 Å². The number of hydrogen-bond acceptors (Lipinski definition) is 2. The van der Waals surface area contributed by atoms with Crippen LogP contribution >= 0.6 is 0 Å². The Bertz CT molecular complexity index is 527. The van der Waals surface area contributed by atoms with Gasteiger partial charge in [-0.15, -0.1) is 0 Å². The number of aryl methyl sites for hydroxylation is 2. The zero-order valence-corrected chi connectivity index (χ0v) is 11.8. The molecule has 2 aromatic heterocycles. The van der Waals surface area contributed by atoms with Gasteiger partial charge in [-0.1, -0.05) is 12.8 Å². The largest absolute Gasteiger partial charge is 0.320 e. The molecule has 2 aromatic rings. The maximum Gasteiger partial charge on any atom is 0.0831 e. The Morgan fingerprint density at radius 3 is 2.53 bits per heavy atom. The SMILES string of the molecule is Cc1ccc(C)n1NCc1ccn(C2CCCC2)n1. The average molecular weight is 258 g/mol. The van der Waals surface area contributed by atoms with Crippen molar-refractivity contribution in [3.8, 4) is 0 Å². The topological polar surface area (TPSA) is 34.8 Å². The predicted molar refractivity (Wildman–Crippen MR) is 76.7 cm³/mol. The lowest BCUT2D eigenvalue weighted by atomic mass is 10.3. The fourth-order valence-corrected chi connectivity index (χ4v) is 2.92. The monoisotopic (exact) mass is 258 g/mol. The number of aromatic nitrogens is 3. The van der Waals surface area contributed by atoms with Crippen molar-refractivity contribution in [3.05, 3.63) is 41.5 Å². The lowest BCUT2D eigenvalue weighted by Crippen LogP contribution is -2.17. The van der Waals surface area contributed by atoms with Crippen LogP contribution in [0.5, 0.6) is 0 Å². The number of nitrogens with zero attached hydrogens (tertiary/aromatic N) is 3. The molecule has 102 valence electrons. The van der Waals surface area contributed by atoms with Crippen LogP contribution < -0.4 is 5.43 Å². The van der Waals surface area contributed by atoms with Crippen molar-refractivity contribution < 1.29 is 0 Å². The summed E-state index contributed by atoms with van der Waals surface area (Å²) >= 11 is 0. The normalized spacial score (nSPS) is 16.1. The number of rotatable bonds is 4. The summed E-state index contributed by atoms with van der Waals surface area (Å²) in [4.78, 5) is 0. The van der Waals surface area contributed by atoms with E-state index in [1.807, 2.05) is 0 Å². The maximum atomic E-state index is 4.69. The molecule has 0 atom stereocenters. The molecule has 1 aliphatic carbocycles. The van der Waals surface area contributed by atoms with Gasteiger partial charge in [-0.2, -0.15) is 5.10 Å². The van der Waals surface area contributed by atoms with Gasteiger partial charge in [-0.3, -0.25) is 9.36 Å². The Balaban J connectivity index is 1.64. The number of hydrogen-bond donors (Lipinski definition) is 1. The third-order valence-electron chi connectivity index (χ3n) is 4.05. The van der Waals surface area contributed by atoms with Crippen molar-refractivity contribution >= 4 is 0 Å². The fraction of sp³-hybridized carbons (Fsp3) is 0.533. The quantitative estimate of drug-likeness (QED) is 0.914. The molecule has 1 N–H and O–H groups in total. The summed E-state index contributed by atoms with van der Waals surface area (Å²) in [6.07, 6.45) is 7.39. The van der Waals surface area contributed by atoms with Gasteiger partial charge in [0.05, 0.1) is 18.3 Å². The van der Waals surface area contributed by atoms with E-state index >= 15 is 0 Å². The Hall–Kier alpha value is -1.71. The summed E-state index contributed by atoms with van der Waals surface area (Å²) in [7, 11) is 0. The molecule has 2 heterocycles. The van der Waals surface area contributed by atoms with E-state index in [0.717, 1.165) is 12.2 Å². The second kappa shape index (κ2) is 5.11. The zero-order valence-electron chi connectivity index (χ0n) is 11.8. The molecule has 4 nitrogen and oxygen atoms in total. The van der Waals surface area contributed by atoms with E-state index in [1.54, 1.807) is 0 Å². The van der Waals surface area contributed by atoms with Gasteiger partial charge in [-0.05, 0) is 44.9 Å². The Morgan fingerprint density at radius 2 is 1.84 bits per heavy atom. The van der Waals surface area contributed by atoms with E-state index in [9.17, 15) is 0 Å². The summed E-state index contributed by atoms with van der Waals surface area (Å²) in [6.45, 7) is 4.99.